The molecule has 0 bridgehead atoms. The number of likely N-dealkylation sites (tertiary alicyclic amines) is 2. The van der Waals surface area contributed by atoms with Gasteiger partial charge in [-0.1, -0.05) is 26.7 Å². The number of rotatable bonds is 4. The monoisotopic (exact) mass is 370 g/mol. The van der Waals surface area contributed by atoms with Crippen molar-refractivity contribution in [1.82, 2.24) is 19.8 Å². The molecule has 3 fully saturated rings. The van der Waals surface area contributed by atoms with Crippen LogP contribution in [0.1, 0.15) is 82.5 Å². The van der Waals surface area contributed by atoms with Crippen molar-refractivity contribution in [1.29, 1.82) is 0 Å². The molecule has 0 radical (unpaired) electrons. The number of hydrogen-bond acceptors (Lipinski definition) is 4. The van der Waals surface area contributed by atoms with E-state index >= 15 is 0 Å². The first-order valence-corrected chi connectivity index (χ1v) is 10.9. The molecule has 5 nitrogen and oxygen atoms in total. The second kappa shape index (κ2) is 7.86. The van der Waals surface area contributed by atoms with Crippen LogP contribution in [0.25, 0.3) is 0 Å². The molecule has 1 amide bonds. The molecule has 1 aromatic rings. The van der Waals surface area contributed by atoms with E-state index in [0.717, 1.165) is 44.8 Å². The third kappa shape index (κ3) is 4.18. The fourth-order valence-electron chi connectivity index (χ4n) is 5.19. The zero-order chi connectivity index (χ0) is 18.9. The standard InChI is InChI=1S/C22H34N4O/c1-17(2)21-23-13-18(14-24-21)15-25-11-9-22(10-12-25)8-7-20(27)26(16-22)19-5-3-4-6-19/h13-14,17,19H,3-12,15-16H2,1-2H3. The first-order valence-electron chi connectivity index (χ1n) is 10.9. The normalized spacial score (nSPS) is 24.3. The molecule has 5 heteroatoms. The van der Waals surface area contributed by atoms with Crippen molar-refractivity contribution in [3.63, 3.8) is 0 Å². The maximum absolute atomic E-state index is 12.5. The maximum Gasteiger partial charge on any atom is 0.222 e. The summed E-state index contributed by atoms with van der Waals surface area (Å²) in [6, 6.07) is 0.532. The number of hydrogen-bond donors (Lipinski definition) is 0. The molecular formula is C22H34N4O. The quantitative estimate of drug-likeness (QED) is 0.810. The average molecular weight is 371 g/mol. The first kappa shape index (κ1) is 18.9. The van der Waals surface area contributed by atoms with E-state index in [4.69, 9.17) is 0 Å². The summed E-state index contributed by atoms with van der Waals surface area (Å²) in [7, 11) is 0. The van der Waals surface area contributed by atoms with Crippen LogP contribution in [0.4, 0.5) is 0 Å². The second-order valence-corrected chi connectivity index (χ2v) is 9.34. The topological polar surface area (TPSA) is 49.3 Å². The zero-order valence-electron chi connectivity index (χ0n) is 17.0. The van der Waals surface area contributed by atoms with E-state index < -0.39 is 0 Å². The predicted octanol–water partition coefficient (Wildman–Crippen LogP) is 3.75. The van der Waals surface area contributed by atoms with Crippen LogP contribution in [0, 0.1) is 5.41 Å². The summed E-state index contributed by atoms with van der Waals surface area (Å²) >= 11 is 0. The summed E-state index contributed by atoms with van der Waals surface area (Å²) in [4.78, 5) is 26.3. The molecule has 2 aliphatic heterocycles. The molecule has 2 saturated heterocycles. The molecule has 3 aliphatic rings. The molecule has 148 valence electrons. The van der Waals surface area contributed by atoms with Gasteiger partial charge in [0.25, 0.3) is 0 Å². The van der Waals surface area contributed by atoms with Crippen molar-refractivity contribution < 1.29 is 4.79 Å². The van der Waals surface area contributed by atoms with Crippen molar-refractivity contribution in [2.75, 3.05) is 19.6 Å². The third-order valence-corrected chi connectivity index (χ3v) is 7.03. The van der Waals surface area contributed by atoms with Gasteiger partial charge < -0.3 is 4.90 Å². The predicted molar refractivity (Wildman–Crippen MR) is 106 cm³/mol. The molecule has 3 heterocycles. The Morgan fingerprint density at radius 1 is 1.11 bits per heavy atom. The van der Waals surface area contributed by atoms with Gasteiger partial charge >= 0.3 is 0 Å². The van der Waals surface area contributed by atoms with Gasteiger partial charge in [-0.2, -0.15) is 0 Å². The van der Waals surface area contributed by atoms with Crippen LogP contribution in [-0.2, 0) is 11.3 Å². The molecule has 1 saturated carbocycles. The Morgan fingerprint density at radius 2 is 1.78 bits per heavy atom. The Balaban J connectivity index is 1.33. The van der Waals surface area contributed by atoms with Crippen molar-refractivity contribution in [2.24, 2.45) is 5.41 Å². The van der Waals surface area contributed by atoms with Crippen LogP contribution in [-0.4, -0.2) is 51.4 Å². The second-order valence-electron chi connectivity index (χ2n) is 9.34. The molecule has 1 spiro atoms. The van der Waals surface area contributed by atoms with Crippen LogP contribution in [0.15, 0.2) is 12.4 Å². The maximum atomic E-state index is 12.5. The van der Waals surface area contributed by atoms with Crippen molar-refractivity contribution >= 4 is 5.91 Å². The highest BCUT2D eigenvalue weighted by Crippen LogP contribution is 2.42. The Kier molecular flexibility index (Phi) is 5.49. The number of piperidine rings is 2. The lowest BCUT2D eigenvalue weighted by Crippen LogP contribution is -2.53. The minimum absolute atomic E-state index is 0.366. The van der Waals surface area contributed by atoms with Crippen LogP contribution in [0.3, 0.4) is 0 Å². The van der Waals surface area contributed by atoms with E-state index in [0.29, 0.717) is 23.3 Å². The van der Waals surface area contributed by atoms with E-state index in [9.17, 15) is 4.79 Å². The molecule has 0 unspecified atom stereocenters. The summed E-state index contributed by atoms with van der Waals surface area (Å²) < 4.78 is 0. The fourth-order valence-corrected chi connectivity index (χ4v) is 5.19. The van der Waals surface area contributed by atoms with Crippen molar-refractivity contribution in [2.45, 2.75) is 83.7 Å². The lowest BCUT2D eigenvalue weighted by atomic mass is 9.72. The van der Waals surface area contributed by atoms with E-state index in [2.05, 4.69) is 33.6 Å². The van der Waals surface area contributed by atoms with Crippen LogP contribution < -0.4 is 0 Å². The third-order valence-electron chi connectivity index (χ3n) is 7.03. The molecule has 4 rings (SSSR count). The van der Waals surface area contributed by atoms with Gasteiger partial charge in [-0.05, 0) is 50.6 Å². The van der Waals surface area contributed by atoms with Gasteiger partial charge in [0.1, 0.15) is 5.82 Å². The number of carbonyl (C=O) groups is 1. The lowest BCUT2D eigenvalue weighted by Gasteiger charge is -2.49. The minimum Gasteiger partial charge on any atom is -0.339 e. The van der Waals surface area contributed by atoms with Crippen LogP contribution in [0.5, 0.6) is 0 Å². The fraction of sp³-hybridized carbons (Fsp3) is 0.773. The Bertz CT molecular complexity index is 643. The number of amides is 1. The van der Waals surface area contributed by atoms with Gasteiger partial charge in [-0.3, -0.25) is 9.69 Å². The van der Waals surface area contributed by atoms with Crippen LogP contribution >= 0.6 is 0 Å². The van der Waals surface area contributed by atoms with E-state index in [1.165, 1.54) is 44.1 Å². The van der Waals surface area contributed by atoms with E-state index in [1.807, 2.05) is 12.4 Å². The van der Waals surface area contributed by atoms with Gasteiger partial charge in [-0.15, -0.1) is 0 Å². The average Bonchev–Trinajstić information content (AvgIpc) is 3.21. The smallest absolute Gasteiger partial charge is 0.222 e. The highest BCUT2D eigenvalue weighted by atomic mass is 16.2. The number of nitrogens with zero attached hydrogens (tertiary/aromatic N) is 4. The van der Waals surface area contributed by atoms with E-state index in [-0.39, 0.29) is 0 Å². The lowest BCUT2D eigenvalue weighted by molar-refractivity contribution is -0.142. The number of aromatic nitrogens is 2. The molecule has 0 aromatic carbocycles. The highest BCUT2D eigenvalue weighted by Gasteiger charge is 2.43. The Morgan fingerprint density at radius 3 is 2.41 bits per heavy atom. The first-order chi connectivity index (χ1) is 13.0. The van der Waals surface area contributed by atoms with Gasteiger partial charge in [0.05, 0.1) is 0 Å². The van der Waals surface area contributed by atoms with Crippen molar-refractivity contribution in [3.05, 3.63) is 23.8 Å². The van der Waals surface area contributed by atoms with Gasteiger partial charge in [-0.25, -0.2) is 9.97 Å². The van der Waals surface area contributed by atoms with Crippen molar-refractivity contribution in [3.8, 4) is 0 Å². The molecule has 1 aromatic heterocycles. The Labute approximate surface area is 163 Å². The molecule has 0 atom stereocenters. The number of carbonyl (C=O) groups excluding carboxylic acids is 1. The SMILES string of the molecule is CC(C)c1ncc(CN2CCC3(CCC(=O)N(C4CCCC4)C3)CC2)cn1. The largest absolute Gasteiger partial charge is 0.339 e. The van der Waals surface area contributed by atoms with Gasteiger partial charge in [0, 0.05) is 49.4 Å². The summed E-state index contributed by atoms with van der Waals surface area (Å²) in [6.45, 7) is 8.46. The molecule has 1 aliphatic carbocycles. The highest BCUT2D eigenvalue weighted by molar-refractivity contribution is 5.77. The van der Waals surface area contributed by atoms with Gasteiger partial charge in [0.15, 0.2) is 0 Å². The summed E-state index contributed by atoms with van der Waals surface area (Å²) in [5.41, 5.74) is 1.58. The molecular weight excluding hydrogens is 336 g/mol. The zero-order valence-corrected chi connectivity index (χ0v) is 17.0. The van der Waals surface area contributed by atoms with Gasteiger partial charge in [0.2, 0.25) is 5.91 Å². The summed E-state index contributed by atoms with van der Waals surface area (Å²) in [5.74, 6) is 1.72. The molecule has 27 heavy (non-hydrogen) atoms. The van der Waals surface area contributed by atoms with Crippen LogP contribution in [0.2, 0.25) is 0 Å². The Hall–Kier alpha value is -1.49. The minimum atomic E-state index is 0.366. The molecule has 0 N–H and O–H groups in total. The summed E-state index contributed by atoms with van der Waals surface area (Å²) in [5, 5.41) is 0. The summed E-state index contributed by atoms with van der Waals surface area (Å²) in [6.07, 6.45) is 13.3. The van der Waals surface area contributed by atoms with E-state index in [1.54, 1.807) is 0 Å².